The molecule has 0 bridgehead atoms. The molecule has 0 radical (unpaired) electrons. The van der Waals surface area contributed by atoms with Gasteiger partial charge < -0.3 is 0 Å². The predicted molar refractivity (Wildman–Crippen MR) is 60.3 cm³/mol. The lowest BCUT2D eigenvalue weighted by molar-refractivity contribution is 1.24. The largest absolute Gasteiger partial charge is 0.257 e. The summed E-state index contributed by atoms with van der Waals surface area (Å²) < 4.78 is 0. The molecule has 1 aromatic heterocycles. The molecule has 0 aromatic carbocycles. The van der Waals surface area contributed by atoms with E-state index >= 15 is 0 Å². The third kappa shape index (κ3) is 5.69. The summed E-state index contributed by atoms with van der Waals surface area (Å²) in [6, 6.07) is 3.94. The van der Waals surface area contributed by atoms with E-state index in [0.717, 1.165) is 5.69 Å². The normalized spacial score (nSPS) is 6.85. The van der Waals surface area contributed by atoms with Gasteiger partial charge in [0.1, 0.15) is 0 Å². The number of hydrogen-bond acceptors (Lipinski definition) is 1. The average molecular weight is 175 g/mol. The van der Waals surface area contributed by atoms with E-state index in [9.17, 15) is 0 Å². The van der Waals surface area contributed by atoms with Crippen molar-refractivity contribution in [2.24, 2.45) is 0 Å². The Labute approximate surface area is 81.5 Å². The molecule has 0 aliphatic heterocycles. The monoisotopic (exact) mass is 175 g/mol. The first-order valence-corrected chi connectivity index (χ1v) is 4.22. The predicted octanol–water partition coefficient (Wildman–Crippen LogP) is 3.31. The highest BCUT2D eigenvalue weighted by Crippen LogP contribution is 2.02. The van der Waals surface area contributed by atoms with Gasteiger partial charge in [0.25, 0.3) is 0 Å². The van der Waals surface area contributed by atoms with Gasteiger partial charge >= 0.3 is 0 Å². The summed E-state index contributed by atoms with van der Waals surface area (Å²) in [5, 5.41) is 0. The van der Waals surface area contributed by atoms with E-state index in [2.05, 4.69) is 24.4 Å². The molecule has 1 nitrogen and oxygen atoms in total. The number of aromatic nitrogens is 1. The molecule has 0 saturated heterocycles. The molecule has 1 heteroatoms. The molecule has 13 heavy (non-hydrogen) atoms. The van der Waals surface area contributed by atoms with Gasteiger partial charge in [-0.05, 0) is 24.6 Å². The quantitative estimate of drug-likeness (QED) is 0.597. The Morgan fingerprint density at radius 2 is 1.92 bits per heavy atom. The highest BCUT2D eigenvalue weighted by atomic mass is 14.7. The van der Waals surface area contributed by atoms with E-state index < -0.39 is 0 Å². The minimum Gasteiger partial charge on any atom is -0.257 e. The van der Waals surface area contributed by atoms with Gasteiger partial charge in [-0.3, -0.25) is 4.98 Å². The number of hydrogen-bond donors (Lipinski definition) is 0. The molecule has 1 heterocycles. The lowest BCUT2D eigenvalue weighted by Gasteiger charge is -1.94. The number of aryl methyl sites for hydroxylation is 1. The molecular formula is C12H17N. The number of pyridine rings is 1. The molecule has 70 valence electrons. The van der Waals surface area contributed by atoms with Gasteiger partial charge in [0.15, 0.2) is 0 Å². The molecule has 0 aliphatic carbocycles. The second-order valence-corrected chi connectivity index (χ2v) is 1.91. The van der Waals surface area contributed by atoms with Crippen molar-refractivity contribution in [1.29, 1.82) is 0 Å². The topological polar surface area (TPSA) is 12.9 Å². The van der Waals surface area contributed by atoms with Crippen molar-refractivity contribution >= 4 is 6.08 Å². The molecule has 1 aromatic rings. The Morgan fingerprint density at radius 3 is 2.23 bits per heavy atom. The first kappa shape index (κ1) is 14.0. The maximum Gasteiger partial charge on any atom is 0.0652 e. The molecule has 0 spiro atoms. The average Bonchev–Trinajstić information content (AvgIpc) is 2.24. The number of terminal acetylenes is 1. The number of rotatable bonds is 1. The summed E-state index contributed by atoms with van der Waals surface area (Å²) in [4.78, 5) is 4.08. The SMILES string of the molecule is C#C.C=Cc1ncccc1C.CC. The van der Waals surface area contributed by atoms with Gasteiger partial charge in [0.2, 0.25) is 0 Å². The van der Waals surface area contributed by atoms with Gasteiger partial charge in [-0.25, -0.2) is 0 Å². The van der Waals surface area contributed by atoms with Crippen LogP contribution in [0.5, 0.6) is 0 Å². The van der Waals surface area contributed by atoms with Crippen LogP contribution in [0.25, 0.3) is 6.08 Å². The van der Waals surface area contributed by atoms with E-state index in [1.165, 1.54) is 5.56 Å². The van der Waals surface area contributed by atoms with E-state index in [1.807, 2.05) is 32.9 Å². The van der Waals surface area contributed by atoms with Crippen molar-refractivity contribution in [1.82, 2.24) is 4.98 Å². The maximum atomic E-state index is 4.08. The van der Waals surface area contributed by atoms with Crippen molar-refractivity contribution in [3.8, 4) is 12.8 Å². The van der Waals surface area contributed by atoms with E-state index in [4.69, 9.17) is 0 Å². The Balaban J connectivity index is 0. The van der Waals surface area contributed by atoms with Crippen LogP contribution in [0.1, 0.15) is 25.1 Å². The lowest BCUT2D eigenvalue weighted by Crippen LogP contribution is -1.82. The van der Waals surface area contributed by atoms with Crippen molar-refractivity contribution < 1.29 is 0 Å². The Hall–Kier alpha value is -1.55. The minimum absolute atomic E-state index is 0.970. The second kappa shape index (κ2) is 10.4. The summed E-state index contributed by atoms with van der Waals surface area (Å²) in [7, 11) is 0. The van der Waals surface area contributed by atoms with Crippen LogP contribution >= 0.6 is 0 Å². The van der Waals surface area contributed by atoms with Gasteiger partial charge in [-0.15, -0.1) is 12.8 Å². The summed E-state index contributed by atoms with van der Waals surface area (Å²) in [5.41, 5.74) is 2.14. The van der Waals surface area contributed by atoms with Gasteiger partial charge in [0.05, 0.1) is 5.69 Å². The Bertz CT molecular complexity index is 248. The second-order valence-electron chi connectivity index (χ2n) is 1.91. The zero-order valence-electron chi connectivity index (χ0n) is 8.62. The summed E-state index contributed by atoms with van der Waals surface area (Å²) in [6.07, 6.45) is 11.5. The molecule has 0 N–H and O–H groups in total. The maximum absolute atomic E-state index is 4.08. The fraction of sp³-hybridized carbons (Fsp3) is 0.250. The molecule has 0 unspecified atom stereocenters. The van der Waals surface area contributed by atoms with Crippen LogP contribution < -0.4 is 0 Å². The standard InChI is InChI=1S/C8H9N.C2H6.C2H2/c1-3-8-7(2)5-4-6-9-8;2*1-2/h3-6H,1H2,2H3;1-2H3;1-2H. The van der Waals surface area contributed by atoms with E-state index in [-0.39, 0.29) is 0 Å². The molecule has 0 fully saturated rings. The number of nitrogens with zero attached hydrogens (tertiary/aromatic N) is 1. The third-order valence-electron chi connectivity index (χ3n) is 1.24. The van der Waals surface area contributed by atoms with E-state index in [1.54, 1.807) is 12.3 Å². The molecule has 1 rings (SSSR count). The van der Waals surface area contributed by atoms with Crippen LogP contribution in [0.2, 0.25) is 0 Å². The Morgan fingerprint density at radius 1 is 1.38 bits per heavy atom. The summed E-state index contributed by atoms with van der Waals surface area (Å²) in [6.45, 7) is 9.65. The van der Waals surface area contributed by atoms with Crippen LogP contribution in [0.3, 0.4) is 0 Å². The first-order valence-electron chi connectivity index (χ1n) is 4.22. The first-order chi connectivity index (χ1) is 6.34. The van der Waals surface area contributed by atoms with Crippen LogP contribution in [-0.4, -0.2) is 4.98 Å². The van der Waals surface area contributed by atoms with Crippen molar-refractivity contribution in [3.63, 3.8) is 0 Å². The smallest absolute Gasteiger partial charge is 0.0652 e. The molecule has 0 aliphatic rings. The van der Waals surface area contributed by atoms with Crippen LogP contribution in [0.15, 0.2) is 24.9 Å². The zero-order valence-corrected chi connectivity index (χ0v) is 8.62. The van der Waals surface area contributed by atoms with Crippen molar-refractivity contribution in [3.05, 3.63) is 36.2 Å². The van der Waals surface area contributed by atoms with E-state index in [0.29, 0.717) is 0 Å². The van der Waals surface area contributed by atoms with Gasteiger partial charge in [-0.1, -0.05) is 26.5 Å². The fourth-order valence-corrected chi connectivity index (χ4v) is 0.712. The molecule has 0 atom stereocenters. The van der Waals surface area contributed by atoms with Gasteiger partial charge in [-0.2, -0.15) is 0 Å². The fourth-order valence-electron chi connectivity index (χ4n) is 0.712. The third-order valence-corrected chi connectivity index (χ3v) is 1.24. The minimum atomic E-state index is 0.970. The van der Waals surface area contributed by atoms with Crippen LogP contribution in [0.4, 0.5) is 0 Å². The highest BCUT2D eigenvalue weighted by Gasteiger charge is 1.88. The zero-order chi connectivity index (χ0) is 10.7. The summed E-state index contributed by atoms with van der Waals surface area (Å²) >= 11 is 0. The molecule has 0 saturated carbocycles. The van der Waals surface area contributed by atoms with Crippen molar-refractivity contribution in [2.45, 2.75) is 20.8 Å². The van der Waals surface area contributed by atoms with Gasteiger partial charge in [0, 0.05) is 6.20 Å². The Kier molecular flexibility index (Phi) is 11.3. The molecular weight excluding hydrogens is 158 g/mol. The van der Waals surface area contributed by atoms with Crippen LogP contribution in [-0.2, 0) is 0 Å². The highest BCUT2D eigenvalue weighted by molar-refractivity contribution is 5.45. The molecule has 0 amide bonds. The van der Waals surface area contributed by atoms with Crippen LogP contribution in [0, 0.1) is 19.8 Å². The summed E-state index contributed by atoms with van der Waals surface area (Å²) in [5.74, 6) is 0. The lowest BCUT2D eigenvalue weighted by atomic mass is 10.2. The van der Waals surface area contributed by atoms with Crippen molar-refractivity contribution in [2.75, 3.05) is 0 Å².